The first-order valence-corrected chi connectivity index (χ1v) is 8.79. The van der Waals surface area contributed by atoms with Crippen LogP contribution >= 0.6 is 27.5 Å². The van der Waals surface area contributed by atoms with Crippen LogP contribution in [0.3, 0.4) is 0 Å². The lowest BCUT2D eigenvalue weighted by molar-refractivity contribution is -0.125. The summed E-state index contributed by atoms with van der Waals surface area (Å²) in [4.78, 5) is 13.1. The molecule has 6 heteroatoms. The molecule has 1 amide bonds. The standard InChI is InChI=1S/C18H16BrClFNO2/c19-13-3-6-16(15(20)11-13)22-17(23)18(7-9-24-10-8-18)12-1-4-14(21)5-2-12/h1-6,11H,7-10H2,(H,22,23). The van der Waals surface area contributed by atoms with Gasteiger partial charge in [0, 0.05) is 17.7 Å². The molecule has 1 aliphatic rings. The van der Waals surface area contributed by atoms with Crippen LogP contribution in [0.2, 0.25) is 5.02 Å². The summed E-state index contributed by atoms with van der Waals surface area (Å²) >= 11 is 9.55. The van der Waals surface area contributed by atoms with Crippen LogP contribution in [-0.4, -0.2) is 19.1 Å². The molecule has 3 rings (SSSR count). The number of amides is 1. The van der Waals surface area contributed by atoms with Crippen molar-refractivity contribution in [2.75, 3.05) is 18.5 Å². The van der Waals surface area contributed by atoms with Crippen molar-refractivity contribution in [2.24, 2.45) is 0 Å². The van der Waals surface area contributed by atoms with Gasteiger partial charge in [0.25, 0.3) is 0 Å². The van der Waals surface area contributed by atoms with E-state index in [0.717, 1.165) is 10.0 Å². The van der Waals surface area contributed by atoms with Gasteiger partial charge in [0.1, 0.15) is 5.82 Å². The first kappa shape index (κ1) is 17.4. The molecule has 1 N–H and O–H groups in total. The van der Waals surface area contributed by atoms with Crippen molar-refractivity contribution in [1.82, 2.24) is 0 Å². The first-order valence-electron chi connectivity index (χ1n) is 7.61. The minimum Gasteiger partial charge on any atom is -0.381 e. The smallest absolute Gasteiger partial charge is 0.235 e. The van der Waals surface area contributed by atoms with Gasteiger partial charge in [-0.2, -0.15) is 0 Å². The molecule has 0 unspecified atom stereocenters. The molecule has 1 fully saturated rings. The number of hydrogen-bond acceptors (Lipinski definition) is 2. The molecule has 0 radical (unpaired) electrons. The fraction of sp³-hybridized carbons (Fsp3) is 0.278. The fourth-order valence-electron chi connectivity index (χ4n) is 2.97. The number of rotatable bonds is 3. The minimum atomic E-state index is -0.748. The summed E-state index contributed by atoms with van der Waals surface area (Å²) < 4.78 is 19.5. The van der Waals surface area contributed by atoms with Gasteiger partial charge in [0.15, 0.2) is 0 Å². The molecule has 1 heterocycles. The molecule has 126 valence electrons. The second-order valence-electron chi connectivity index (χ2n) is 5.78. The molecule has 0 atom stereocenters. The Labute approximate surface area is 153 Å². The van der Waals surface area contributed by atoms with Gasteiger partial charge in [-0.15, -0.1) is 0 Å². The average Bonchev–Trinajstić information content (AvgIpc) is 2.58. The molecular weight excluding hydrogens is 397 g/mol. The topological polar surface area (TPSA) is 38.3 Å². The van der Waals surface area contributed by atoms with E-state index in [1.165, 1.54) is 12.1 Å². The van der Waals surface area contributed by atoms with Crippen LogP contribution in [0.4, 0.5) is 10.1 Å². The summed E-state index contributed by atoms with van der Waals surface area (Å²) in [6, 6.07) is 11.4. The Bertz CT molecular complexity index is 745. The van der Waals surface area contributed by atoms with Gasteiger partial charge in [0.2, 0.25) is 5.91 Å². The van der Waals surface area contributed by atoms with Gasteiger partial charge in [0.05, 0.1) is 16.1 Å². The quantitative estimate of drug-likeness (QED) is 0.776. The van der Waals surface area contributed by atoms with Crippen molar-refractivity contribution in [2.45, 2.75) is 18.3 Å². The van der Waals surface area contributed by atoms with Crippen LogP contribution in [-0.2, 0) is 14.9 Å². The summed E-state index contributed by atoms with van der Waals surface area (Å²) in [5, 5.41) is 3.38. The van der Waals surface area contributed by atoms with E-state index < -0.39 is 5.41 Å². The van der Waals surface area contributed by atoms with E-state index in [0.29, 0.717) is 36.8 Å². The zero-order valence-electron chi connectivity index (χ0n) is 12.8. The summed E-state index contributed by atoms with van der Waals surface area (Å²) in [6.45, 7) is 0.970. The lowest BCUT2D eigenvalue weighted by Gasteiger charge is -2.36. The van der Waals surface area contributed by atoms with Gasteiger partial charge in [-0.3, -0.25) is 4.79 Å². The zero-order valence-corrected chi connectivity index (χ0v) is 15.2. The van der Waals surface area contributed by atoms with Crippen LogP contribution < -0.4 is 5.32 Å². The second kappa shape index (κ2) is 7.21. The molecule has 0 spiro atoms. The third kappa shape index (κ3) is 3.48. The third-order valence-electron chi connectivity index (χ3n) is 4.36. The van der Waals surface area contributed by atoms with Gasteiger partial charge in [-0.05, 0) is 48.7 Å². The number of nitrogens with one attached hydrogen (secondary N) is 1. The summed E-state index contributed by atoms with van der Waals surface area (Å²) in [5.74, 6) is -0.473. The largest absolute Gasteiger partial charge is 0.381 e. The van der Waals surface area contributed by atoms with Crippen molar-refractivity contribution >= 4 is 39.1 Å². The predicted molar refractivity (Wildman–Crippen MR) is 95.9 cm³/mol. The molecule has 0 aliphatic carbocycles. The highest BCUT2D eigenvalue weighted by Gasteiger charge is 2.41. The van der Waals surface area contributed by atoms with Gasteiger partial charge in [-0.25, -0.2) is 4.39 Å². The van der Waals surface area contributed by atoms with E-state index in [9.17, 15) is 9.18 Å². The highest BCUT2D eigenvalue weighted by atomic mass is 79.9. The highest BCUT2D eigenvalue weighted by molar-refractivity contribution is 9.10. The lowest BCUT2D eigenvalue weighted by atomic mass is 9.73. The second-order valence-corrected chi connectivity index (χ2v) is 7.10. The van der Waals surface area contributed by atoms with Crippen LogP contribution in [0.15, 0.2) is 46.9 Å². The minimum absolute atomic E-state index is 0.151. The lowest BCUT2D eigenvalue weighted by Crippen LogP contribution is -2.44. The number of carbonyl (C=O) groups excluding carboxylic acids is 1. The fourth-order valence-corrected chi connectivity index (χ4v) is 3.69. The maximum absolute atomic E-state index is 13.3. The van der Waals surface area contributed by atoms with E-state index in [2.05, 4.69) is 21.2 Å². The van der Waals surface area contributed by atoms with E-state index in [4.69, 9.17) is 16.3 Å². The Morgan fingerprint density at radius 2 is 1.83 bits per heavy atom. The van der Waals surface area contributed by atoms with Crippen molar-refractivity contribution in [3.63, 3.8) is 0 Å². The molecule has 0 saturated carbocycles. The first-order chi connectivity index (χ1) is 11.5. The molecule has 0 bridgehead atoms. The molecule has 3 nitrogen and oxygen atoms in total. The molecule has 1 saturated heterocycles. The monoisotopic (exact) mass is 411 g/mol. The number of hydrogen-bond donors (Lipinski definition) is 1. The normalized spacial score (nSPS) is 16.6. The SMILES string of the molecule is O=C(Nc1ccc(Br)cc1Cl)C1(c2ccc(F)cc2)CCOCC1. The number of anilines is 1. The van der Waals surface area contributed by atoms with E-state index in [1.54, 1.807) is 24.3 Å². The molecular formula is C18H16BrClFNO2. The van der Waals surface area contributed by atoms with Crippen LogP contribution in [0.1, 0.15) is 18.4 Å². The van der Waals surface area contributed by atoms with Crippen LogP contribution in [0, 0.1) is 5.82 Å². The van der Waals surface area contributed by atoms with Gasteiger partial charge in [-0.1, -0.05) is 39.7 Å². The van der Waals surface area contributed by atoms with Gasteiger partial charge >= 0.3 is 0 Å². The number of benzene rings is 2. The number of ether oxygens (including phenoxy) is 1. The van der Waals surface area contributed by atoms with Crippen LogP contribution in [0.25, 0.3) is 0 Å². The molecule has 2 aromatic rings. The Morgan fingerprint density at radius 1 is 1.17 bits per heavy atom. The summed E-state index contributed by atoms with van der Waals surface area (Å²) in [6.07, 6.45) is 1.08. The number of halogens is 3. The molecule has 0 aromatic heterocycles. The molecule has 2 aromatic carbocycles. The van der Waals surface area contributed by atoms with Crippen molar-refractivity contribution < 1.29 is 13.9 Å². The maximum atomic E-state index is 13.3. The van der Waals surface area contributed by atoms with Crippen molar-refractivity contribution in [3.05, 3.63) is 63.3 Å². The molecule has 1 aliphatic heterocycles. The highest BCUT2D eigenvalue weighted by Crippen LogP contribution is 2.37. The zero-order chi connectivity index (χ0) is 17.2. The number of carbonyl (C=O) groups is 1. The van der Waals surface area contributed by atoms with Crippen LogP contribution in [0.5, 0.6) is 0 Å². The van der Waals surface area contributed by atoms with E-state index in [1.807, 2.05) is 6.07 Å². The summed E-state index contributed by atoms with van der Waals surface area (Å²) in [5.41, 5.74) is 0.596. The Kier molecular flexibility index (Phi) is 5.23. The third-order valence-corrected chi connectivity index (χ3v) is 5.16. The van der Waals surface area contributed by atoms with Crippen molar-refractivity contribution in [3.8, 4) is 0 Å². The average molecular weight is 413 g/mol. The predicted octanol–water partition coefficient (Wildman–Crippen LogP) is 4.93. The Hall–Kier alpha value is -1.43. The maximum Gasteiger partial charge on any atom is 0.235 e. The van der Waals surface area contributed by atoms with E-state index >= 15 is 0 Å². The summed E-state index contributed by atoms with van der Waals surface area (Å²) in [7, 11) is 0. The Morgan fingerprint density at radius 3 is 2.46 bits per heavy atom. The van der Waals surface area contributed by atoms with Gasteiger partial charge < -0.3 is 10.1 Å². The van der Waals surface area contributed by atoms with Crippen molar-refractivity contribution in [1.29, 1.82) is 0 Å². The van der Waals surface area contributed by atoms with E-state index in [-0.39, 0.29) is 11.7 Å². The Balaban J connectivity index is 1.93. The molecule has 24 heavy (non-hydrogen) atoms.